The largest absolute Gasteiger partial charge is 0.309 e. The number of fused-ring (bicyclic) bond motifs is 7. The first-order valence-corrected chi connectivity index (χ1v) is 17.2. The molecule has 0 unspecified atom stereocenters. The van der Waals surface area contributed by atoms with E-state index in [1.807, 2.05) is 12.3 Å². The van der Waals surface area contributed by atoms with Crippen molar-refractivity contribution in [3.63, 3.8) is 0 Å². The Morgan fingerprint density at radius 3 is 1.86 bits per heavy atom. The summed E-state index contributed by atoms with van der Waals surface area (Å²) in [5.41, 5.74) is 13.4. The van der Waals surface area contributed by atoms with Crippen LogP contribution >= 0.6 is 0 Å². The van der Waals surface area contributed by atoms with Gasteiger partial charge in [0.05, 0.1) is 22.1 Å². The molecule has 0 aliphatic rings. The minimum Gasteiger partial charge on any atom is -0.309 e. The van der Waals surface area contributed by atoms with Gasteiger partial charge in [0.1, 0.15) is 5.82 Å². The molecule has 0 spiro atoms. The van der Waals surface area contributed by atoms with Crippen LogP contribution in [0.4, 0.5) is 0 Å². The number of hydrogen-bond acceptors (Lipinski definition) is 1. The van der Waals surface area contributed by atoms with E-state index in [-0.39, 0.29) is 0 Å². The molecule has 0 radical (unpaired) electrons. The van der Waals surface area contributed by atoms with Crippen LogP contribution in [0.5, 0.6) is 0 Å². The third kappa shape index (κ3) is 4.27. The zero-order valence-corrected chi connectivity index (χ0v) is 27.9. The topological polar surface area (TPSA) is 22.8 Å². The summed E-state index contributed by atoms with van der Waals surface area (Å²) in [6, 6.07) is 57.3. The van der Waals surface area contributed by atoms with E-state index in [0.717, 1.165) is 16.9 Å². The van der Waals surface area contributed by atoms with Gasteiger partial charge in [-0.2, -0.15) is 0 Å². The van der Waals surface area contributed by atoms with Crippen LogP contribution in [0, 0.1) is 13.8 Å². The molecule has 0 atom stereocenters. The van der Waals surface area contributed by atoms with E-state index in [4.69, 9.17) is 4.98 Å². The van der Waals surface area contributed by atoms with Gasteiger partial charge < -0.3 is 4.57 Å². The van der Waals surface area contributed by atoms with Crippen molar-refractivity contribution in [2.24, 2.45) is 0 Å². The van der Waals surface area contributed by atoms with Crippen molar-refractivity contribution in [2.45, 2.75) is 13.8 Å². The smallest absolute Gasteiger partial charge is 0.137 e. The van der Waals surface area contributed by atoms with Gasteiger partial charge in [0.25, 0.3) is 0 Å². The summed E-state index contributed by atoms with van der Waals surface area (Å²) >= 11 is 0. The average molecular weight is 640 g/mol. The lowest BCUT2D eigenvalue weighted by molar-refractivity contribution is 1.08. The summed E-state index contributed by atoms with van der Waals surface area (Å²) in [6.07, 6.45) is 1.88. The molecule has 0 aliphatic carbocycles. The quantitative estimate of drug-likeness (QED) is 0.188. The lowest BCUT2D eigenvalue weighted by Gasteiger charge is -2.14. The predicted octanol–water partition coefficient (Wildman–Crippen LogP) is 12.4. The number of hydrogen-bond donors (Lipinski definition) is 0. The third-order valence-electron chi connectivity index (χ3n) is 10.4. The molecule has 236 valence electrons. The number of rotatable bonds is 4. The molecule has 3 heterocycles. The standard InChI is InChI=1S/C47H33N3/c1-30-19-22-44-47(46(30)38-27-33-13-7-6-12-32(33)26-31(38)2)40-29-35(21-24-43(40)50(44)45-18-10-11-25-48-45)34-20-23-42-39(28-34)37-16-8-9-17-41(37)49(42)36-14-4-3-5-15-36/h3-29H,1-2H3. The van der Waals surface area contributed by atoms with Crippen LogP contribution in [-0.4, -0.2) is 14.1 Å². The van der Waals surface area contributed by atoms with Crippen molar-refractivity contribution < 1.29 is 0 Å². The van der Waals surface area contributed by atoms with Crippen molar-refractivity contribution in [1.29, 1.82) is 0 Å². The van der Waals surface area contributed by atoms with Crippen molar-refractivity contribution in [3.8, 4) is 33.8 Å². The zero-order chi connectivity index (χ0) is 33.3. The highest BCUT2D eigenvalue weighted by atomic mass is 15.1. The van der Waals surface area contributed by atoms with Gasteiger partial charge in [-0.05, 0) is 125 Å². The Bertz CT molecular complexity index is 2930. The molecule has 50 heavy (non-hydrogen) atoms. The van der Waals surface area contributed by atoms with Crippen LogP contribution < -0.4 is 0 Å². The molecule has 0 amide bonds. The van der Waals surface area contributed by atoms with E-state index in [1.54, 1.807) is 0 Å². The fourth-order valence-corrected chi connectivity index (χ4v) is 8.11. The summed E-state index contributed by atoms with van der Waals surface area (Å²) < 4.78 is 4.70. The summed E-state index contributed by atoms with van der Waals surface area (Å²) in [7, 11) is 0. The predicted molar refractivity (Wildman–Crippen MR) is 211 cm³/mol. The summed E-state index contributed by atoms with van der Waals surface area (Å²) in [4.78, 5) is 4.84. The summed E-state index contributed by atoms with van der Waals surface area (Å²) in [6.45, 7) is 4.48. The van der Waals surface area contributed by atoms with E-state index in [2.05, 4.69) is 175 Å². The first kappa shape index (κ1) is 28.6. The van der Waals surface area contributed by atoms with Crippen LogP contribution in [0.2, 0.25) is 0 Å². The maximum atomic E-state index is 4.84. The molecule has 0 bridgehead atoms. The Hall–Kier alpha value is -6.45. The second kappa shape index (κ2) is 11.0. The van der Waals surface area contributed by atoms with Crippen LogP contribution in [0.15, 0.2) is 164 Å². The Kier molecular flexibility index (Phi) is 6.31. The van der Waals surface area contributed by atoms with E-state index in [9.17, 15) is 0 Å². The second-order valence-electron chi connectivity index (χ2n) is 13.3. The first-order chi connectivity index (χ1) is 24.6. The van der Waals surface area contributed by atoms with Crippen molar-refractivity contribution in [2.75, 3.05) is 0 Å². The zero-order valence-electron chi connectivity index (χ0n) is 27.9. The lowest BCUT2D eigenvalue weighted by atomic mass is 9.90. The SMILES string of the molecule is Cc1cc2ccccc2cc1-c1c(C)ccc2c1c1cc(-c3ccc4c(c3)c3ccccc3n4-c3ccccc3)ccc1n2-c1ccccn1. The van der Waals surface area contributed by atoms with Crippen LogP contribution in [0.25, 0.3) is 88.1 Å². The normalized spacial score (nSPS) is 11.8. The number of nitrogens with zero attached hydrogens (tertiary/aromatic N) is 3. The molecule has 10 rings (SSSR count). The van der Waals surface area contributed by atoms with Gasteiger partial charge in [0.2, 0.25) is 0 Å². The van der Waals surface area contributed by atoms with Gasteiger partial charge in [-0.25, -0.2) is 4.98 Å². The molecule has 7 aromatic carbocycles. The molecule has 3 nitrogen and oxygen atoms in total. The molecule has 0 aliphatic heterocycles. The van der Waals surface area contributed by atoms with Crippen LogP contribution in [0.3, 0.4) is 0 Å². The maximum Gasteiger partial charge on any atom is 0.137 e. The first-order valence-electron chi connectivity index (χ1n) is 17.2. The minimum atomic E-state index is 0.917. The molecule has 0 N–H and O–H groups in total. The molecule has 3 heteroatoms. The Morgan fingerprint density at radius 1 is 0.440 bits per heavy atom. The molecule has 3 aromatic heterocycles. The maximum absolute atomic E-state index is 4.84. The lowest BCUT2D eigenvalue weighted by Crippen LogP contribution is -1.97. The minimum absolute atomic E-state index is 0.917. The molecule has 0 fully saturated rings. The van der Waals surface area contributed by atoms with E-state index < -0.39 is 0 Å². The Labute approximate surface area is 290 Å². The van der Waals surface area contributed by atoms with E-state index in [1.165, 1.54) is 82.4 Å². The molecule has 10 aromatic rings. The fraction of sp³-hybridized carbons (Fsp3) is 0.0426. The molecule has 0 saturated heterocycles. The van der Waals surface area contributed by atoms with Gasteiger partial charge >= 0.3 is 0 Å². The number of aromatic nitrogens is 3. The molecular weight excluding hydrogens is 607 g/mol. The number of aryl methyl sites for hydroxylation is 2. The van der Waals surface area contributed by atoms with Crippen LogP contribution in [0.1, 0.15) is 11.1 Å². The number of para-hydroxylation sites is 2. The van der Waals surface area contributed by atoms with Gasteiger partial charge in [0, 0.05) is 33.4 Å². The fourth-order valence-electron chi connectivity index (χ4n) is 8.11. The summed E-state index contributed by atoms with van der Waals surface area (Å²) in [5.74, 6) is 0.917. The number of benzene rings is 7. The van der Waals surface area contributed by atoms with Crippen molar-refractivity contribution in [3.05, 3.63) is 175 Å². The van der Waals surface area contributed by atoms with Gasteiger partial charge in [-0.3, -0.25) is 4.57 Å². The van der Waals surface area contributed by atoms with Crippen LogP contribution in [-0.2, 0) is 0 Å². The third-order valence-corrected chi connectivity index (χ3v) is 10.4. The van der Waals surface area contributed by atoms with E-state index in [0.29, 0.717) is 0 Å². The summed E-state index contributed by atoms with van der Waals surface area (Å²) in [5, 5.41) is 7.50. The molecular formula is C47H33N3. The Morgan fingerprint density at radius 2 is 1.08 bits per heavy atom. The van der Waals surface area contributed by atoms with Gasteiger partial charge in [-0.15, -0.1) is 0 Å². The number of pyridine rings is 1. The average Bonchev–Trinajstić information content (AvgIpc) is 3.67. The van der Waals surface area contributed by atoms with Crippen molar-refractivity contribution >= 4 is 54.4 Å². The highest BCUT2D eigenvalue weighted by Gasteiger charge is 2.21. The van der Waals surface area contributed by atoms with Gasteiger partial charge in [0.15, 0.2) is 0 Å². The Balaban J connectivity index is 1.26. The highest BCUT2D eigenvalue weighted by Crippen LogP contribution is 2.43. The molecule has 0 saturated carbocycles. The van der Waals surface area contributed by atoms with Crippen molar-refractivity contribution in [1.82, 2.24) is 14.1 Å². The van der Waals surface area contributed by atoms with Gasteiger partial charge in [-0.1, -0.05) is 91.0 Å². The van der Waals surface area contributed by atoms with E-state index >= 15 is 0 Å². The monoisotopic (exact) mass is 639 g/mol. The highest BCUT2D eigenvalue weighted by molar-refractivity contribution is 6.18. The second-order valence-corrected chi connectivity index (χ2v) is 13.3.